The third-order valence-corrected chi connectivity index (χ3v) is 7.37. The molecule has 4 nitrogen and oxygen atoms in total. The Labute approximate surface area is 196 Å². The predicted octanol–water partition coefficient (Wildman–Crippen LogP) is 7.11. The first kappa shape index (κ1) is 22.8. The molecule has 0 unspecified atom stereocenters. The fraction of sp³-hybridized carbons (Fsp3) is 0.423. The summed E-state index contributed by atoms with van der Waals surface area (Å²) in [7, 11) is 0. The van der Waals surface area contributed by atoms with E-state index in [0.29, 0.717) is 38.0 Å². The zero-order valence-corrected chi connectivity index (χ0v) is 20.9. The Balaban J connectivity index is 1.80. The summed E-state index contributed by atoms with van der Waals surface area (Å²) in [5, 5.41) is 3.96. The van der Waals surface area contributed by atoms with Crippen LogP contribution in [0, 0.1) is 25.1 Å². The van der Waals surface area contributed by atoms with Gasteiger partial charge in [-0.05, 0) is 78.7 Å². The zero-order chi connectivity index (χ0) is 23.2. The molecule has 4 rings (SSSR count). The number of anilines is 2. The van der Waals surface area contributed by atoms with Gasteiger partial charge in [0.2, 0.25) is 5.88 Å². The monoisotopic (exact) mass is 500 g/mol. The summed E-state index contributed by atoms with van der Waals surface area (Å²) >= 11 is 3.32. The van der Waals surface area contributed by atoms with Gasteiger partial charge >= 0.3 is 0 Å². The van der Waals surface area contributed by atoms with Gasteiger partial charge in [0.1, 0.15) is 11.4 Å². The maximum atomic E-state index is 14.0. The number of piperidine rings is 1. The highest BCUT2D eigenvalue weighted by atomic mass is 79.9. The van der Waals surface area contributed by atoms with Crippen molar-refractivity contribution in [3.63, 3.8) is 0 Å². The van der Waals surface area contributed by atoms with Crippen molar-refractivity contribution in [2.45, 2.75) is 53.5 Å². The standard InChI is InChI=1S/C26H30BrFN2O2/c1-15-13-18(17(3)29-21-8-6-7-20(28)22(21)27)24-19(14-15)23(31)16(2)25(32-24)30-11-9-26(4,5)10-12-30/h6-8,13-14,17,29H,9-12H2,1-5H3/t17-/m1/s1. The lowest BCUT2D eigenvalue weighted by Gasteiger charge is -2.37. The van der Waals surface area contributed by atoms with Crippen LogP contribution in [0.1, 0.15) is 56.3 Å². The van der Waals surface area contributed by atoms with Crippen LogP contribution >= 0.6 is 15.9 Å². The molecule has 0 saturated carbocycles. The maximum absolute atomic E-state index is 14.0. The second kappa shape index (κ2) is 8.54. The Morgan fingerprint density at radius 3 is 2.56 bits per heavy atom. The van der Waals surface area contributed by atoms with E-state index < -0.39 is 0 Å². The van der Waals surface area contributed by atoms with E-state index in [1.165, 1.54) is 6.07 Å². The molecule has 1 aliphatic rings. The van der Waals surface area contributed by atoms with E-state index in [1.54, 1.807) is 6.07 Å². The van der Waals surface area contributed by atoms with Gasteiger partial charge in [-0.15, -0.1) is 0 Å². The smallest absolute Gasteiger partial charge is 0.202 e. The van der Waals surface area contributed by atoms with Crippen LogP contribution in [-0.2, 0) is 0 Å². The molecule has 0 amide bonds. The molecular formula is C26H30BrFN2O2. The summed E-state index contributed by atoms with van der Waals surface area (Å²) in [6.45, 7) is 12.1. The molecule has 1 saturated heterocycles. The zero-order valence-electron chi connectivity index (χ0n) is 19.3. The van der Waals surface area contributed by atoms with E-state index in [-0.39, 0.29) is 17.3 Å². The van der Waals surface area contributed by atoms with Crippen molar-refractivity contribution in [1.82, 2.24) is 0 Å². The number of rotatable bonds is 4. The molecule has 1 aliphatic heterocycles. The molecule has 32 heavy (non-hydrogen) atoms. The number of fused-ring (bicyclic) bond motifs is 1. The normalized spacial score (nSPS) is 16.9. The van der Waals surface area contributed by atoms with Crippen LogP contribution in [-0.4, -0.2) is 13.1 Å². The van der Waals surface area contributed by atoms with Gasteiger partial charge in [-0.3, -0.25) is 4.79 Å². The summed E-state index contributed by atoms with van der Waals surface area (Å²) < 4.78 is 20.9. The molecule has 1 fully saturated rings. The summed E-state index contributed by atoms with van der Waals surface area (Å²) in [4.78, 5) is 15.5. The van der Waals surface area contributed by atoms with Crippen LogP contribution in [0.3, 0.4) is 0 Å². The van der Waals surface area contributed by atoms with Gasteiger partial charge in [-0.2, -0.15) is 0 Å². The van der Waals surface area contributed by atoms with Gasteiger partial charge in [0.15, 0.2) is 5.43 Å². The first-order valence-electron chi connectivity index (χ1n) is 11.1. The van der Waals surface area contributed by atoms with E-state index in [1.807, 2.05) is 39.0 Å². The number of hydrogen-bond donors (Lipinski definition) is 1. The SMILES string of the molecule is Cc1cc([C@@H](C)Nc2cccc(F)c2Br)c2oc(N3CCC(C)(C)CC3)c(C)c(=O)c2c1. The average molecular weight is 501 g/mol. The Morgan fingerprint density at radius 1 is 1.19 bits per heavy atom. The maximum Gasteiger partial charge on any atom is 0.202 e. The van der Waals surface area contributed by atoms with Crippen LogP contribution in [0.15, 0.2) is 44.0 Å². The summed E-state index contributed by atoms with van der Waals surface area (Å²) in [6.07, 6.45) is 2.11. The predicted molar refractivity (Wildman–Crippen MR) is 133 cm³/mol. The highest BCUT2D eigenvalue weighted by molar-refractivity contribution is 9.10. The number of hydrogen-bond acceptors (Lipinski definition) is 4. The van der Waals surface area contributed by atoms with Crippen molar-refractivity contribution in [1.29, 1.82) is 0 Å². The minimum Gasteiger partial charge on any atom is -0.440 e. The molecule has 0 bridgehead atoms. The van der Waals surface area contributed by atoms with Crippen molar-refractivity contribution in [3.05, 3.63) is 67.5 Å². The Hall–Kier alpha value is -2.34. The van der Waals surface area contributed by atoms with Crippen LogP contribution in [0.2, 0.25) is 0 Å². The van der Waals surface area contributed by atoms with E-state index in [2.05, 4.69) is 40.0 Å². The van der Waals surface area contributed by atoms with Crippen molar-refractivity contribution in [3.8, 4) is 0 Å². The van der Waals surface area contributed by atoms with Crippen LogP contribution in [0.4, 0.5) is 16.0 Å². The number of benzene rings is 2. The van der Waals surface area contributed by atoms with Gasteiger partial charge < -0.3 is 14.6 Å². The van der Waals surface area contributed by atoms with Crippen LogP contribution in [0.5, 0.6) is 0 Å². The second-order valence-corrected chi connectivity index (χ2v) is 10.5. The van der Waals surface area contributed by atoms with Gasteiger partial charge in [-0.1, -0.05) is 26.0 Å². The van der Waals surface area contributed by atoms with Gasteiger partial charge in [0, 0.05) is 18.7 Å². The first-order chi connectivity index (χ1) is 15.1. The molecule has 0 aliphatic carbocycles. The largest absolute Gasteiger partial charge is 0.440 e. The van der Waals surface area contributed by atoms with E-state index in [4.69, 9.17) is 4.42 Å². The van der Waals surface area contributed by atoms with Crippen molar-refractivity contribution < 1.29 is 8.81 Å². The lowest BCUT2D eigenvalue weighted by atomic mass is 9.82. The van der Waals surface area contributed by atoms with Crippen molar-refractivity contribution >= 4 is 38.5 Å². The molecule has 1 aromatic heterocycles. The minimum absolute atomic E-state index is 0.00942. The fourth-order valence-electron chi connectivity index (χ4n) is 4.42. The van der Waals surface area contributed by atoms with Gasteiger partial charge in [0.25, 0.3) is 0 Å². The molecule has 1 N–H and O–H groups in total. The first-order valence-corrected chi connectivity index (χ1v) is 11.9. The lowest BCUT2D eigenvalue weighted by Crippen LogP contribution is -2.38. The molecule has 3 aromatic rings. The fourth-order valence-corrected chi connectivity index (χ4v) is 4.80. The number of aryl methyl sites for hydroxylation is 1. The number of nitrogens with one attached hydrogen (secondary N) is 1. The highest BCUT2D eigenvalue weighted by Crippen LogP contribution is 2.36. The van der Waals surface area contributed by atoms with Gasteiger partial charge in [0.05, 0.1) is 27.2 Å². The minimum atomic E-state index is -0.325. The summed E-state index contributed by atoms with van der Waals surface area (Å²) in [5.41, 5.74) is 4.09. The van der Waals surface area contributed by atoms with Crippen molar-refractivity contribution in [2.75, 3.05) is 23.3 Å². The molecule has 2 heterocycles. The lowest BCUT2D eigenvalue weighted by molar-refractivity contribution is 0.274. The molecule has 1 atom stereocenters. The van der Waals surface area contributed by atoms with E-state index in [0.717, 1.165) is 37.1 Å². The Kier molecular flexibility index (Phi) is 6.10. The third-order valence-electron chi connectivity index (χ3n) is 6.56. The molecule has 0 spiro atoms. The van der Waals surface area contributed by atoms with E-state index in [9.17, 15) is 9.18 Å². The van der Waals surface area contributed by atoms with E-state index >= 15 is 0 Å². The summed E-state index contributed by atoms with van der Waals surface area (Å²) in [6, 6.07) is 8.64. The highest BCUT2D eigenvalue weighted by Gasteiger charge is 2.28. The number of halogens is 2. The van der Waals surface area contributed by atoms with Crippen molar-refractivity contribution in [2.24, 2.45) is 5.41 Å². The van der Waals surface area contributed by atoms with Crippen LogP contribution < -0.4 is 15.6 Å². The third kappa shape index (κ3) is 4.29. The Morgan fingerprint density at radius 2 is 1.88 bits per heavy atom. The van der Waals surface area contributed by atoms with Crippen LogP contribution in [0.25, 0.3) is 11.0 Å². The van der Waals surface area contributed by atoms with Gasteiger partial charge in [-0.25, -0.2) is 4.39 Å². The molecule has 6 heteroatoms. The quantitative estimate of drug-likeness (QED) is 0.414. The molecule has 2 aromatic carbocycles. The number of nitrogens with zero attached hydrogens (tertiary/aromatic N) is 1. The second-order valence-electron chi connectivity index (χ2n) is 9.71. The molecule has 0 radical (unpaired) electrons. The Bertz CT molecular complexity index is 1220. The molecule has 170 valence electrons. The topological polar surface area (TPSA) is 45.5 Å². The summed E-state index contributed by atoms with van der Waals surface area (Å²) in [5.74, 6) is 0.344. The molecular weight excluding hydrogens is 471 g/mol. The average Bonchev–Trinajstić information content (AvgIpc) is 2.74.